The van der Waals surface area contributed by atoms with E-state index in [1.165, 1.54) is 12.4 Å². The smallest absolute Gasteiger partial charge is 0.280 e. The minimum absolute atomic E-state index is 0.349. The number of nitrogens with zero attached hydrogens (tertiary/aromatic N) is 4. The number of fused-ring (bicyclic) bond motifs is 4. The van der Waals surface area contributed by atoms with Gasteiger partial charge in [0.15, 0.2) is 17.1 Å². The summed E-state index contributed by atoms with van der Waals surface area (Å²) in [4.78, 5) is 29.8. The van der Waals surface area contributed by atoms with Gasteiger partial charge >= 0.3 is 0 Å². The topological polar surface area (TPSA) is 99.8 Å². The fraction of sp³-hybridized carbons (Fsp3) is 0.200. The number of benzene rings is 1. The molecule has 9 heteroatoms. The number of rotatable bonds is 2. The molecule has 0 fully saturated rings. The molecule has 1 N–H and O–H groups in total. The lowest BCUT2D eigenvalue weighted by molar-refractivity contribution is 0.101. The molecule has 0 unspecified atom stereocenters. The maximum atomic E-state index is 12.8. The van der Waals surface area contributed by atoms with Crippen LogP contribution in [0.2, 0.25) is 0 Å². The molecule has 9 nitrogen and oxygen atoms in total. The van der Waals surface area contributed by atoms with Crippen molar-refractivity contribution < 1.29 is 14.3 Å². The SMILES string of the molecule is Cc1cc2ncc3c(=O)n(NC(=O)c4ccc5c(c4)OCCCO5)ccc3n2n1. The second-order valence-corrected chi connectivity index (χ2v) is 6.76. The number of carbonyl (C=O) groups is 1. The van der Waals surface area contributed by atoms with Gasteiger partial charge in [0, 0.05) is 30.4 Å². The number of pyridine rings is 1. The van der Waals surface area contributed by atoms with Crippen molar-refractivity contribution in [3.05, 3.63) is 64.3 Å². The maximum Gasteiger partial charge on any atom is 0.280 e. The molecule has 0 aliphatic carbocycles. The van der Waals surface area contributed by atoms with Crippen molar-refractivity contribution in [1.82, 2.24) is 19.3 Å². The van der Waals surface area contributed by atoms with Gasteiger partial charge < -0.3 is 9.47 Å². The Balaban J connectivity index is 1.49. The average molecular weight is 391 g/mol. The number of hydrogen-bond acceptors (Lipinski definition) is 6. The molecule has 0 radical (unpaired) electrons. The zero-order valence-corrected chi connectivity index (χ0v) is 15.6. The summed E-state index contributed by atoms with van der Waals surface area (Å²) in [6.07, 6.45) is 3.77. The molecule has 29 heavy (non-hydrogen) atoms. The predicted molar refractivity (Wildman–Crippen MR) is 105 cm³/mol. The summed E-state index contributed by atoms with van der Waals surface area (Å²) in [5.74, 6) is 0.680. The summed E-state index contributed by atoms with van der Waals surface area (Å²) in [7, 11) is 0. The van der Waals surface area contributed by atoms with Gasteiger partial charge in [-0.3, -0.25) is 15.0 Å². The van der Waals surface area contributed by atoms with Crippen molar-refractivity contribution in [1.29, 1.82) is 0 Å². The van der Waals surface area contributed by atoms with Gasteiger partial charge in [-0.05, 0) is 31.2 Å². The fourth-order valence-electron chi connectivity index (χ4n) is 3.30. The minimum atomic E-state index is -0.439. The van der Waals surface area contributed by atoms with Gasteiger partial charge in [0.05, 0.1) is 29.8 Å². The lowest BCUT2D eigenvalue weighted by atomic mass is 10.2. The summed E-state index contributed by atoms with van der Waals surface area (Å²) >= 11 is 0. The van der Waals surface area contributed by atoms with E-state index in [0.29, 0.717) is 46.8 Å². The molecule has 4 aromatic rings. The zero-order chi connectivity index (χ0) is 20.0. The largest absolute Gasteiger partial charge is 0.490 e. The average Bonchev–Trinajstić information content (AvgIpc) is 2.95. The summed E-state index contributed by atoms with van der Waals surface area (Å²) in [5, 5.41) is 4.71. The van der Waals surface area contributed by atoms with Crippen molar-refractivity contribution in [2.45, 2.75) is 13.3 Å². The lowest BCUT2D eigenvalue weighted by Gasteiger charge is -2.11. The molecule has 0 atom stereocenters. The Morgan fingerprint density at radius 2 is 1.97 bits per heavy atom. The number of nitrogens with one attached hydrogen (secondary N) is 1. The van der Waals surface area contributed by atoms with E-state index in [9.17, 15) is 9.59 Å². The molecular formula is C20H17N5O4. The Morgan fingerprint density at radius 1 is 1.14 bits per heavy atom. The molecule has 4 heterocycles. The minimum Gasteiger partial charge on any atom is -0.490 e. The van der Waals surface area contributed by atoms with Crippen LogP contribution in [0.1, 0.15) is 22.5 Å². The first kappa shape index (κ1) is 17.2. The highest BCUT2D eigenvalue weighted by molar-refractivity contribution is 6.00. The Labute approximate surface area is 164 Å². The van der Waals surface area contributed by atoms with Crippen LogP contribution in [0.15, 0.2) is 47.5 Å². The highest BCUT2D eigenvalue weighted by Gasteiger charge is 2.16. The van der Waals surface area contributed by atoms with Crippen LogP contribution < -0.4 is 20.5 Å². The maximum absolute atomic E-state index is 12.8. The van der Waals surface area contributed by atoms with Crippen molar-refractivity contribution in [2.24, 2.45) is 0 Å². The third-order valence-corrected chi connectivity index (χ3v) is 4.71. The van der Waals surface area contributed by atoms with Crippen molar-refractivity contribution in [2.75, 3.05) is 18.6 Å². The van der Waals surface area contributed by atoms with Gasteiger partial charge in [-0.15, -0.1) is 0 Å². The second kappa shape index (κ2) is 6.62. The molecule has 1 amide bonds. The molecule has 0 saturated heterocycles. The Morgan fingerprint density at radius 3 is 2.83 bits per heavy atom. The third kappa shape index (κ3) is 2.96. The van der Waals surface area contributed by atoms with Crippen LogP contribution >= 0.6 is 0 Å². The molecule has 0 saturated carbocycles. The van der Waals surface area contributed by atoms with Gasteiger partial charge in [0.1, 0.15) is 0 Å². The summed E-state index contributed by atoms with van der Waals surface area (Å²) < 4.78 is 14.0. The molecule has 0 spiro atoms. The Kier molecular flexibility index (Phi) is 3.94. The van der Waals surface area contributed by atoms with Crippen molar-refractivity contribution in [3.8, 4) is 11.5 Å². The lowest BCUT2D eigenvalue weighted by Crippen LogP contribution is -2.33. The molecule has 146 valence electrons. The summed E-state index contributed by atoms with van der Waals surface area (Å²) in [6.45, 7) is 2.95. The van der Waals surface area contributed by atoms with Crippen LogP contribution in [0.4, 0.5) is 0 Å². The highest BCUT2D eigenvalue weighted by atomic mass is 16.5. The van der Waals surface area contributed by atoms with E-state index in [-0.39, 0.29) is 0 Å². The monoisotopic (exact) mass is 391 g/mol. The number of hydrogen-bond donors (Lipinski definition) is 1. The molecule has 1 aliphatic heterocycles. The van der Waals surface area contributed by atoms with E-state index < -0.39 is 11.5 Å². The van der Waals surface area contributed by atoms with Gasteiger partial charge in [0.2, 0.25) is 0 Å². The third-order valence-electron chi connectivity index (χ3n) is 4.71. The number of amides is 1. The zero-order valence-electron chi connectivity index (χ0n) is 15.6. The molecule has 1 aromatic carbocycles. The standard InChI is InChI=1S/C20H17N5O4/c1-12-9-18-21-11-14-15(25(18)22-12)5-6-24(20(14)27)23-19(26)13-3-4-16-17(10-13)29-8-2-7-28-16/h3-6,9-11H,2,7-8H2,1H3,(H,23,26). The van der Waals surface area contributed by atoms with Crippen LogP contribution in [0.5, 0.6) is 11.5 Å². The first-order valence-electron chi connectivity index (χ1n) is 9.18. The first-order valence-corrected chi connectivity index (χ1v) is 9.18. The Hall–Kier alpha value is -3.88. The molecule has 3 aromatic heterocycles. The first-order chi connectivity index (χ1) is 14.1. The van der Waals surface area contributed by atoms with E-state index in [1.807, 2.05) is 13.0 Å². The normalized spacial score (nSPS) is 13.4. The van der Waals surface area contributed by atoms with Gasteiger partial charge in [-0.2, -0.15) is 5.10 Å². The quantitative estimate of drug-likeness (QED) is 0.560. The molecule has 0 bridgehead atoms. The van der Waals surface area contributed by atoms with E-state index in [1.54, 1.807) is 28.8 Å². The Bertz CT molecular complexity index is 1320. The van der Waals surface area contributed by atoms with E-state index in [4.69, 9.17) is 9.47 Å². The van der Waals surface area contributed by atoms with Gasteiger partial charge in [0.25, 0.3) is 11.5 Å². The van der Waals surface area contributed by atoms with E-state index >= 15 is 0 Å². The number of carbonyl (C=O) groups excluding carboxylic acids is 1. The second-order valence-electron chi connectivity index (χ2n) is 6.76. The molecular weight excluding hydrogens is 374 g/mol. The van der Waals surface area contributed by atoms with Gasteiger partial charge in [-0.1, -0.05) is 0 Å². The summed E-state index contributed by atoms with van der Waals surface area (Å²) in [6, 6.07) is 8.48. The predicted octanol–water partition coefficient (Wildman–Crippen LogP) is 1.90. The summed E-state index contributed by atoms with van der Waals surface area (Å²) in [5.41, 5.74) is 4.65. The highest BCUT2D eigenvalue weighted by Crippen LogP contribution is 2.30. The van der Waals surface area contributed by atoms with Crippen LogP contribution in [0.25, 0.3) is 16.6 Å². The number of aromatic nitrogens is 4. The number of aryl methyl sites for hydroxylation is 1. The van der Waals surface area contributed by atoms with Crippen LogP contribution in [-0.2, 0) is 0 Å². The van der Waals surface area contributed by atoms with E-state index in [0.717, 1.165) is 16.8 Å². The van der Waals surface area contributed by atoms with Crippen molar-refractivity contribution in [3.63, 3.8) is 0 Å². The van der Waals surface area contributed by atoms with Gasteiger partial charge in [-0.25, -0.2) is 14.2 Å². The van der Waals surface area contributed by atoms with Crippen LogP contribution in [-0.4, -0.2) is 38.4 Å². The van der Waals surface area contributed by atoms with Crippen LogP contribution in [0.3, 0.4) is 0 Å². The molecule has 5 rings (SSSR count). The fourth-order valence-corrected chi connectivity index (χ4v) is 3.30. The molecule has 1 aliphatic rings. The van der Waals surface area contributed by atoms with Crippen LogP contribution in [0, 0.1) is 6.92 Å². The van der Waals surface area contributed by atoms with E-state index in [2.05, 4.69) is 15.5 Å². The van der Waals surface area contributed by atoms with Crippen molar-refractivity contribution >= 4 is 22.5 Å². The number of ether oxygens (including phenoxy) is 2.